The van der Waals surface area contributed by atoms with Crippen LogP contribution in [0.2, 0.25) is 5.02 Å². The van der Waals surface area contributed by atoms with Crippen molar-refractivity contribution in [3.05, 3.63) is 34.9 Å². The average molecular weight is 343 g/mol. The van der Waals surface area contributed by atoms with Gasteiger partial charge < -0.3 is 10.2 Å². The predicted molar refractivity (Wildman–Crippen MR) is 92.5 cm³/mol. The highest BCUT2D eigenvalue weighted by Gasteiger charge is 2.39. The Kier molecular flexibility index (Phi) is 6.13. The van der Waals surface area contributed by atoms with Crippen LogP contribution in [-0.4, -0.2) is 29.9 Å². The molecule has 1 amide bonds. The summed E-state index contributed by atoms with van der Waals surface area (Å²) in [6, 6.07) is 8.29. The summed E-state index contributed by atoms with van der Waals surface area (Å²) in [5.74, 6) is 0.914. The minimum absolute atomic E-state index is 0. The van der Waals surface area contributed by atoms with Crippen LogP contribution in [0.15, 0.2) is 24.3 Å². The Hall–Kier alpha value is -0.770. The van der Waals surface area contributed by atoms with Gasteiger partial charge >= 0.3 is 0 Å². The summed E-state index contributed by atoms with van der Waals surface area (Å²) in [6.07, 6.45) is 6.13. The van der Waals surface area contributed by atoms with E-state index in [-0.39, 0.29) is 24.4 Å². The number of carbonyl (C=O) groups excluding carboxylic acids is 1. The van der Waals surface area contributed by atoms with Crippen LogP contribution in [0, 0.1) is 5.92 Å². The number of fused-ring (bicyclic) bond motifs is 1. The predicted octanol–water partition coefficient (Wildman–Crippen LogP) is 3.64. The van der Waals surface area contributed by atoms with E-state index >= 15 is 0 Å². The van der Waals surface area contributed by atoms with Gasteiger partial charge in [-0.3, -0.25) is 4.79 Å². The molecule has 3 unspecified atom stereocenters. The van der Waals surface area contributed by atoms with Gasteiger partial charge in [-0.15, -0.1) is 12.4 Å². The Balaban J connectivity index is 0.00000176. The van der Waals surface area contributed by atoms with Crippen LogP contribution in [0.4, 0.5) is 0 Å². The summed E-state index contributed by atoms with van der Waals surface area (Å²) in [6.45, 7) is 0.618. The van der Waals surface area contributed by atoms with Crippen molar-refractivity contribution in [1.82, 2.24) is 10.2 Å². The summed E-state index contributed by atoms with van der Waals surface area (Å²) < 4.78 is 0. The van der Waals surface area contributed by atoms with Gasteiger partial charge in [0.15, 0.2) is 0 Å². The van der Waals surface area contributed by atoms with Gasteiger partial charge in [-0.1, -0.05) is 36.6 Å². The number of amides is 1. The molecule has 3 nitrogen and oxygen atoms in total. The van der Waals surface area contributed by atoms with E-state index in [0.29, 0.717) is 18.5 Å². The molecule has 1 saturated heterocycles. The third-order valence-electron chi connectivity index (χ3n) is 4.85. The molecule has 5 heteroatoms. The van der Waals surface area contributed by atoms with Crippen molar-refractivity contribution >= 4 is 29.9 Å². The number of carbonyl (C=O) groups is 1. The van der Waals surface area contributed by atoms with Crippen molar-refractivity contribution in [2.45, 2.75) is 50.7 Å². The van der Waals surface area contributed by atoms with Gasteiger partial charge in [-0.05, 0) is 42.9 Å². The highest BCUT2D eigenvalue weighted by atomic mass is 35.5. The first-order chi connectivity index (χ1) is 10.1. The third kappa shape index (κ3) is 3.95. The topological polar surface area (TPSA) is 32.3 Å². The molecule has 0 radical (unpaired) electrons. The van der Waals surface area contributed by atoms with Gasteiger partial charge in [0.2, 0.25) is 5.91 Å². The molecular weight excluding hydrogens is 319 g/mol. The minimum atomic E-state index is 0. The summed E-state index contributed by atoms with van der Waals surface area (Å²) in [7, 11) is 1.88. The number of hydrogen-bond acceptors (Lipinski definition) is 2. The molecule has 1 aliphatic heterocycles. The maximum atomic E-state index is 12.6. The van der Waals surface area contributed by atoms with Crippen molar-refractivity contribution < 1.29 is 4.79 Å². The summed E-state index contributed by atoms with van der Waals surface area (Å²) in [4.78, 5) is 14.4. The van der Waals surface area contributed by atoms with Gasteiger partial charge in [0.1, 0.15) is 0 Å². The highest BCUT2D eigenvalue weighted by molar-refractivity contribution is 6.30. The second-order valence-corrected chi connectivity index (χ2v) is 6.87. The molecule has 122 valence electrons. The first-order valence-corrected chi connectivity index (χ1v) is 8.27. The lowest BCUT2D eigenvalue weighted by molar-refractivity contribution is -0.132. The van der Waals surface area contributed by atoms with Crippen molar-refractivity contribution in [2.75, 3.05) is 7.05 Å². The van der Waals surface area contributed by atoms with Crippen molar-refractivity contribution in [3.8, 4) is 0 Å². The molecule has 1 saturated carbocycles. The Morgan fingerprint density at radius 3 is 2.86 bits per heavy atom. The Morgan fingerprint density at radius 1 is 1.36 bits per heavy atom. The Bertz CT molecular complexity index is 509. The lowest BCUT2D eigenvalue weighted by atomic mass is 9.85. The maximum absolute atomic E-state index is 12.6. The molecule has 1 aliphatic carbocycles. The fourth-order valence-corrected chi connectivity index (χ4v) is 3.98. The van der Waals surface area contributed by atoms with Crippen LogP contribution >= 0.6 is 24.0 Å². The minimum Gasteiger partial charge on any atom is -0.340 e. The lowest BCUT2D eigenvalue weighted by Gasteiger charge is -2.24. The number of likely N-dealkylation sites (N-methyl/N-ethyl adjacent to an activating group) is 1. The largest absolute Gasteiger partial charge is 0.340 e. The van der Waals surface area contributed by atoms with Crippen molar-refractivity contribution in [3.63, 3.8) is 0 Å². The number of nitrogens with zero attached hydrogens (tertiary/aromatic N) is 1. The second-order valence-electron chi connectivity index (χ2n) is 6.43. The molecule has 22 heavy (non-hydrogen) atoms. The van der Waals surface area contributed by atoms with E-state index in [2.05, 4.69) is 5.32 Å². The number of hydrogen-bond donors (Lipinski definition) is 1. The molecular formula is C17H24Cl2N2O. The van der Waals surface area contributed by atoms with Gasteiger partial charge in [-0.25, -0.2) is 0 Å². The van der Waals surface area contributed by atoms with Gasteiger partial charge in [0.05, 0.1) is 6.04 Å². The van der Waals surface area contributed by atoms with Gasteiger partial charge in [0, 0.05) is 24.7 Å². The first-order valence-electron chi connectivity index (χ1n) is 7.89. The molecule has 0 bridgehead atoms. The molecule has 0 aromatic heterocycles. The summed E-state index contributed by atoms with van der Waals surface area (Å²) in [5, 5.41) is 4.27. The van der Waals surface area contributed by atoms with E-state index in [1.807, 2.05) is 36.2 Å². The number of halogens is 2. The van der Waals surface area contributed by atoms with E-state index in [4.69, 9.17) is 11.6 Å². The molecule has 1 aromatic rings. The zero-order chi connectivity index (χ0) is 14.8. The van der Waals surface area contributed by atoms with Crippen LogP contribution in [0.5, 0.6) is 0 Å². The van der Waals surface area contributed by atoms with E-state index in [1.54, 1.807) is 0 Å². The fourth-order valence-electron chi connectivity index (χ4n) is 3.76. The smallest absolute Gasteiger partial charge is 0.239 e. The number of rotatable bonds is 3. The molecule has 3 rings (SSSR count). The monoisotopic (exact) mass is 342 g/mol. The van der Waals surface area contributed by atoms with E-state index < -0.39 is 0 Å². The zero-order valence-electron chi connectivity index (χ0n) is 12.9. The second kappa shape index (κ2) is 7.67. The summed E-state index contributed by atoms with van der Waals surface area (Å²) in [5.41, 5.74) is 1.08. The normalized spacial score (nSPS) is 26.9. The van der Waals surface area contributed by atoms with E-state index in [1.165, 1.54) is 25.7 Å². The lowest BCUT2D eigenvalue weighted by Crippen LogP contribution is -2.43. The van der Waals surface area contributed by atoms with Crippen LogP contribution in [0.3, 0.4) is 0 Å². The Labute approximate surface area is 143 Å². The fraction of sp³-hybridized carbons (Fsp3) is 0.588. The van der Waals surface area contributed by atoms with E-state index in [0.717, 1.165) is 17.0 Å². The van der Waals surface area contributed by atoms with Crippen LogP contribution in [-0.2, 0) is 11.3 Å². The third-order valence-corrected chi connectivity index (χ3v) is 5.08. The molecule has 2 aliphatic rings. The molecule has 1 heterocycles. The van der Waals surface area contributed by atoms with Crippen LogP contribution in [0.1, 0.15) is 37.7 Å². The molecule has 1 N–H and O–H groups in total. The molecule has 2 fully saturated rings. The molecule has 1 aromatic carbocycles. The standard InChI is InChI=1S/C17H23ClN2O.ClH/c1-20(11-12-5-4-7-14(18)9-12)17(21)16-10-13-6-2-3-8-15(13)19-16;/h4-5,7,9,13,15-16,19H,2-3,6,8,10-11H2,1H3;1H. The van der Waals surface area contributed by atoms with Crippen molar-refractivity contribution in [2.24, 2.45) is 5.92 Å². The molecule has 3 atom stereocenters. The van der Waals surface area contributed by atoms with Crippen LogP contribution < -0.4 is 5.32 Å². The van der Waals surface area contributed by atoms with Crippen LogP contribution in [0.25, 0.3) is 0 Å². The first kappa shape index (κ1) is 17.6. The highest BCUT2D eigenvalue weighted by Crippen LogP contribution is 2.33. The number of benzene rings is 1. The average Bonchev–Trinajstić information content (AvgIpc) is 2.90. The van der Waals surface area contributed by atoms with Gasteiger partial charge in [0.25, 0.3) is 0 Å². The Morgan fingerprint density at radius 2 is 2.14 bits per heavy atom. The van der Waals surface area contributed by atoms with E-state index in [9.17, 15) is 4.79 Å². The van der Waals surface area contributed by atoms with Crippen molar-refractivity contribution in [1.29, 1.82) is 0 Å². The maximum Gasteiger partial charge on any atom is 0.239 e. The summed E-state index contributed by atoms with van der Waals surface area (Å²) >= 11 is 6.00. The number of nitrogens with one attached hydrogen (secondary N) is 1. The SMILES string of the molecule is CN(Cc1cccc(Cl)c1)C(=O)C1CC2CCCCC2N1.Cl. The quantitative estimate of drug-likeness (QED) is 0.909. The zero-order valence-corrected chi connectivity index (χ0v) is 14.5. The van der Waals surface area contributed by atoms with Gasteiger partial charge in [-0.2, -0.15) is 0 Å². The molecule has 0 spiro atoms.